The van der Waals surface area contributed by atoms with E-state index in [1.54, 1.807) is 0 Å². The van der Waals surface area contributed by atoms with E-state index in [2.05, 4.69) is 40.1 Å². The molecule has 1 fully saturated rings. The lowest BCUT2D eigenvalue weighted by Crippen LogP contribution is -2.50. The largest absolute Gasteiger partial charge is 0.389 e. The van der Waals surface area contributed by atoms with Crippen LogP contribution in [0.3, 0.4) is 0 Å². The maximum absolute atomic E-state index is 9.95. The van der Waals surface area contributed by atoms with Crippen LogP contribution in [0.25, 0.3) is 11.1 Å². The molecule has 0 radical (unpaired) electrons. The van der Waals surface area contributed by atoms with Crippen LogP contribution in [0.4, 0.5) is 5.69 Å². The van der Waals surface area contributed by atoms with Crippen molar-refractivity contribution in [3.05, 3.63) is 54.1 Å². The summed E-state index contributed by atoms with van der Waals surface area (Å²) in [6.07, 6.45) is 0. The number of β-amino-alcohol motifs (C(OH)–C–C–N with tert-alkyl or cyclic N) is 1. The van der Waals surface area contributed by atoms with E-state index in [0.717, 1.165) is 43.9 Å². The lowest BCUT2D eigenvalue weighted by Gasteiger charge is -2.38. The lowest BCUT2D eigenvalue weighted by atomic mass is 10.0. The second kappa shape index (κ2) is 7.26. The van der Waals surface area contributed by atoms with Gasteiger partial charge >= 0.3 is 0 Å². The van der Waals surface area contributed by atoms with Gasteiger partial charge < -0.3 is 10.0 Å². The molecule has 0 spiro atoms. The molecule has 1 saturated heterocycles. The average Bonchev–Trinajstić information content (AvgIpc) is 2.61. The highest BCUT2D eigenvalue weighted by Gasteiger charge is 2.22. The van der Waals surface area contributed by atoms with Gasteiger partial charge in [0.1, 0.15) is 0 Å². The molecule has 130 valence electrons. The van der Waals surface area contributed by atoms with Crippen LogP contribution in [0.1, 0.15) is 19.4 Å². The van der Waals surface area contributed by atoms with Crippen molar-refractivity contribution in [1.29, 1.82) is 5.26 Å². The Bertz CT molecular complexity index is 731. The third kappa shape index (κ3) is 4.60. The molecule has 25 heavy (non-hydrogen) atoms. The van der Waals surface area contributed by atoms with Gasteiger partial charge in [0, 0.05) is 38.4 Å². The molecule has 0 bridgehead atoms. The molecule has 1 aliphatic heterocycles. The Morgan fingerprint density at radius 2 is 1.44 bits per heavy atom. The van der Waals surface area contributed by atoms with Crippen molar-refractivity contribution in [2.24, 2.45) is 0 Å². The molecule has 4 heteroatoms. The Hall–Kier alpha value is -2.35. The van der Waals surface area contributed by atoms with Crippen molar-refractivity contribution in [2.45, 2.75) is 19.4 Å². The van der Waals surface area contributed by atoms with Crippen LogP contribution in [0, 0.1) is 11.3 Å². The molecule has 1 N–H and O–H groups in total. The number of aliphatic hydroxyl groups is 1. The summed E-state index contributed by atoms with van der Waals surface area (Å²) < 4.78 is 0. The van der Waals surface area contributed by atoms with Crippen molar-refractivity contribution in [3.63, 3.8) is 0 Å². The number of benzene rings is 2. The summed E-state index contributed by atoms with van der Waals surface area (Å²) in [5, 5.41) is 18.8. The normalized spacial score (nSPS) is 15.8. The highest BCUT2D eigenvalue weighted by atomic mass is 16.3. The van der Waals surface area contributed by atoms with E-state index in [-0.39, 0.29) is 0 Å². The minimum absolute atomic E-state index is 0.634. The van der Waals surface area contributed by atoms with Gasteiger partial charge in [-0.2, -0.15) is 5.26 Å². The van der Waals surface area contributed by atoms with Gasteiger partial charge in [-0.3, -0.25) is 4.90 Å². The zero-order valence-corrected chi connectivity index (χ0v) is 14.9. The van der Waals surface area contributed by atoms with Crippen LogP contribution in [-0.2, 0) is 0 Å². The molecule has 4 nitrogen and oxygen atoms in total. The smallest absolute Gasteiger partial charge is 0.0991 e. The van der Waals surface area contributed by atoms with Gasteiger partial charge in [0.25, 0.3) is 0 Å². The Kier molecular flexibility index (Phi) is 5.08. The van der Waals surface area contributed by atoms with E-state index in [1.807, 2.05) is 38.1 Å². The van der Waals surface area contributed by atoms with Gasteiger partial charge in [0.2, 0.25) is 0 Å². The molecule has 3 rings (SSSR count). The summed E-state index contributed by atoms with van der Waals surface area (Å²) in [4.78, 5) is 4.71. The summed E-state index contributed by atoms with van der Waals surface area (Å²) in [5.74, 6) is 0. The Balaban J connectivity index is 1.62. The summed E-state index contributed by atoms with van der Waals surface area (Å²) >= 11 is 0. The first-order chi connectivity index (χ1) is 11.9. The number of rotatable bonds is 4. The van der Waals surface area contributed by atoms with E-state index in [9.17, 15) is 5.11 Å². The zero-order chi connectivity index (χ0) is 17.9. The molecule has 0 amide bonds. The second-order valence-corrected chi connectivity index (χ2v) is 7.31. The molecule has 2 aromatic carbocycles. The predicted octanol–water partition coefficient (Wildman–Crippen LogP) is 3.12. The van der Waals surface area contributed by atoms with E-state index in [4.69, 9.17) is 5.26 Å². The van der Waals surface area contributed by atoms with Gasteiger partial charge in [0.05, 0.1) is 17.2 Å². The van der Waals surface area contributed by atoms with E-state index >= 15 is 0 Å². The van der Waals surface area contributed by atoms with Crippen LogP contribution >= 0.6 is 0 Å². The fraction of sp³-hybridized carbons (Fsp3) is 0.381. The number of nitriles is 1. The predicted molar refractivity (Wildman–Crippen MR) is 102 cm³/mol. The molecule has 0 saturated carbocycles. The van der Waals surface area contributed by atoms with E-state index in [1.165, 1.54) is 5.69 Å². The maximum Gasteiger partial charge on any atom is 0.0991 e. The van der Waals surface area contributed by atoms with Crippen molar-refractivity contribution in [1.82, 2.24) is 4.90 Å². The second-order valence-electron chi connectivity index (χ2n) is 7.31. The molecule has 0 unspecified atom stereocenters. The molecule has 1 heterocycles. The van der Waals surface area contributed by atoms with Gasteiger partial charge in [-0.05, 0) is 49.2 Å². The fourth-order valence-corrected chi connectivity index (χ4v) is 3.31. The minimum atomic E-state index is -0.634. The maximum atomic E-state index is 9.95. The monoisotopic (exact) mass is 335 g/mol. The van der Waals surface area contributed by atoms with Crippen LogP contribution in [-0.4, -0.2) is 48.3 Å². The van der Waals surface area contributed by atoms with E-state index in [0.29, 0.717) is 5.56 Å². The number of anilines is 1. The van der Waals surface area contributed by atoms with Crippen molar-refractivity contribution in [3.8, 4) is 17.2 Å². The van der Waals surface area contributed by atoms with Crippen LogP contribution in [0.15, 0.2) is 48.5 Å². The number of hydrogen-bond donors (Lipinski definition) is 1. The molecule has 1 aliphatic rings. The van der Waals surface area contributed by atoms with Crippen molar-refractivity contribution >= 4 is 5.69 Å². The summed E-state index contributed by atoms with van der Waals surface area (Å²) in [6.45, 7) is 8.35. The third-order valence-corrected chi connectivity index (χ3v) is 4.56. The number of hydrogen-bond acceptors (Lipinski definition) is 4. The Morgan fingerprint density at radius 1 is 0.920 bits per heavy atom. The van der Waals surface area contributed by atoms with Gasteiger partial charge in [0.15, 0.2) is 0 Å². The third-order valence-electron chi connectivity index (χ3n) is 4.56. The summed E-state index contributed by atoms with van der Waals surface area (Å²) in [5.41, 5.74) is 3.57. The van der Waals surface area contributed by atoms with E-state index < -0.39 is 5.60 Å². The average molecular weight is 335 g/mol. The first-order valence-electron chi connectivity index (χ1n) is 8.75. The minimum Gasteiger partial charge on any atom is -0.389 e. The summed E-state index contributed by atoms with van der Waals surface area (Å²) in [6, 6.07) is 18.4. The Labute approximate surface area is 149 Å². The standard InChI is InChI=1S/C21H25N3O/c1-21(2,25)16-23-11-13-24(14-12-23)20-9-7-19(8-10-20)18-5-3-17(15-22)4-6-18/h3-10,25H,11-14,16H2,1-2H3. The summed E-state index contributed by atoms with van der Waals surface area (Å²) in [7, 11) is 0. The van der Waals surface area contributed by atoms with Crippen LogP contribution in [0.5, 0.6) is 0 Å². The topological polar surface area (TPSA) is 50.5 Å². The van der Waals surface area contributed by atoms with Gasteiger partial charge in [-0.25, -0.2) is 0 Å². The molecule has 2 aromatic rings. The van der Waals surface area contributed by atoms with Crippen molar-refractivity contribution < 1.29 is 5.11 Å². The van der Waals surface area contributed by atoms with Crippen molar-refractivity contribution in [2.75, 3.05) is 37.6 Å². The highest BCUT2D eigenvalue weighted by molar-refractivity contribution is 5.67. The molecular weight excluding hydrogens is 310 g/mol. The zero-order valence-electron chi connectivity index (χ0n) is 14.9. The molecular formula is C21H25N3O. The van der Waals surface area contributed by atoms with Gasteiger partial charge in [-0.15, -0.1) is 0 Å². The quantitative estimate of drug-likeness (QED) is 0.933. The lowest BCUT2D eigenvalue weighted by molar-refractivity contribution is 0.0345. The van der Waals surface area contributed by atoms with Crippen LogP contribution in [0.2, 0.25) is 0 Å². The first-order valence-corrected chi connectivity index (χ1v) is 8.75. The van der Waals surface area contributed by atoms with Crippen LogP contribution < -0.4 is 4.90 Å². The molecule has 0 atom stereocenters. The van der Waals surface area contributed by atoms with Gasteiger partial charge in [-0.1, -0.05) is 24.3 Å². The Morgan fingerprint density at radius 3 is 1.92 bits per heavy atom. The SMILES string of the molecule is CC(C)(O)CN1CCN(c2ccc(-c3ccc(C#N)cc3)cc2)CC1. The number of nitrogens with zero attached hydrogens (tertiary/aromatic N) is 3. The fourth-order valence-electron chi connectivity index (χ4n) is 3.31. The molecule has 0 aliphatic carbocycles. The number of piperazine rings is 1. The first kappa shape index (κ1) is 17.5. The molecule has 0 aromatic heterocycles. The highest BCUT2D eigenvalue weighted by Crippen LogP contribution is 2.24.